The summed E-state index contributed by atoms with van der Waals surface area (Å²) in [6.07, 6.45) is 1.21. The normalized spacial score (nSPS) is 16.8. The fraction of sp³-hybridized carbons (Fsp3) is 1.00. The summed E-state index contributed by atoms with van der Waals surface area (Å²) in [7, 11) is 0. The molecule has 2 N–H and O–H groups in total. The maximum atomic E-state index is 9.27. The van der Waals surface area contributed by atoms with E-state index in [0.717, 1.165) is 18.2 Å². The molecule has 0 aromatic heterocycles. The van der Waals surface area contributed by atoms with Crippen molar-refractivity contribution in [3.05, 3.63) is 0 Å². The van der Waals surface area contributed by atoms with Crippen molar-refractivity contribution in [1.82, 2.24) is 0 Å². The Labute approximate surface area is 70.4 Å². The number of halogens is 1. The fourth-order valence-electron chi connectivity index (χ4n) is 0.879. The van der Waals surface area contributed by atoms with Crippen molar-refractivity contribution < 1.29 is 10.2 Å². The molecule has 2 atom stereocenters. The Morgan fingerprint density at radius 1 is 1.50 bits per heavy atom. The van der Waals surface area contributed by atoms with Crippen LogP contribution in [0.5, 0.6) is 0 Å². The maximum absolute atomic E-state index is 9.27. The van der Waals surface area contributed by atoms with E-state index in [1.165, 1.54) is 0 Å². The molecule has 10 heavy (non-hydrogen) atoms. The predicted molar refractivity (Wildman–Crippen MR) is 45.3 cm³/mol. The van der Waals surface area contributed by atoms with Crippen molar-refractivity contribution >= 4 is 15.9 Å². The summed E-state index contributed by atoms with van der Waals surface area (Å²) in [6, 6.07) is 0. The van der Waals surface area contributed by atoms with Gasteiger partial charge in [-0.1, -0.05) is 22.9 Å². The van der Waals surface area contributed by atoms with Crippen LogP contribution in [0.3, 0.4) is 0 Å². The third kappa shape index (κ3) is 3.54. The average molecular weight is 211 g/mol. The van der Waals surface area contributed by atoms with Crippen LogP contribution in [-0.4, -0.2) is 28.3 Å². The number of hydrogen-bond donors (Lipinski definition) is 2. The summed E-state index contributed by atoms with van der Waals surface area (Å²) in [5, 5.41) is 18.9. The van der Waals surface area contributed by atoms with Gasteiger partial charge in [-0.15, -0.1) is 0 Å². The van der Waals surface area contributed by atoms with Gasteiger partial charge in [-0.3, -0.25) is 0 Å². The minimum absolute atomic E-state index is 0.0457. The van der Waals surface area contributed by atoms with E-state index >= 15 is 0 Å². The number of hydrogen-bond acceptors (Lipinski definition) is 2. The molecular formula is C7H15BrO2. The molecule has 3 heteroatoms. The minimum Gasteiger partial charge on any atom is -0.396 e. The van der Waals surface area contributed by atoms with Crippen LogP contribution in [0.4, 0.5) is 0 Å². The van der Waals surface area contributed by atoms with E-state index in [1.807, 2.05) is 6.92 Å². The molecule has 0 rings (SSSR count). The van der Waals surface area contributed by atoms with E-state index in [9.17, 15) is 5.11 Å². The number of rotatable bonds is 5. The highest BCUT2D eigenvalue weighted by Gasteiger charge is 2.14. The van der Waals surface area contributed by atoms with Crippen LogP contribution in [0.25, 0.3) is 0 Å². The van der Waals surface area contributed by atoms with Crippen LogP contribution in [0.1, 0.15) is 19.8 Å². The number of aliphatic hydroxyl groups excluding tert-OH is 2. The minimum atomic E-state index is -0.345. The summed E-state index contributed by atoms with van der Waals surface area (Å²) >= 11 is 3.27. The van der Waals surface area contributed by atoms with Crippen LogP contribution in [0, 0.1) is 5.92 Å². The molecule has 0 fully saturated rings. The molecule has 0 saturated carbocycles. The lowest BCUT2D eigenvalue weighted by molar-refractivity contribution is 0.0632. The van der Waals surface area contributed by atoms with Crippen molar-refractivity contribution in [2.75, 3.05) is 11.9 Å². The van der Waals surface area contributed by atoms with E-state index in [1.54, 1.807) is 0 Å². The highest BCUT2D eigenvalue weighted by atomic mass is 79.9. The fourth-order valence-corrected chi connectivity index (χ4v) is 1.47. The molecule has 0 spiro atoms. The van der Waals surface area contributed by atoms with E-state index in [0.29, 0.717) is 0 Å². The lowest BCUT2D eigenvalue weighted by atomic mass is 9.99. The van der Waals surface area contributed by atoms with Gasteiger partial charge in [0, 0.05) is 17.9 Å². The topological polar surface area (TPSA) is 40.5 Å². The zero-order valence-electron chi connectivity index (χ0n) is 6.26. The summed E-state index contributed by atoms with van der Waals surface area (Å²) in [4.78, 5) is 0. The van der Waals surface area contributed by atoms with Gasteiger partial charge >= 0.3 is 0 Å². The zero-order chi connectivity index (χ0) is 7.98. The molecule has 0 radical (unpaired) electrons. The van der Waals surface area contributed by atoms with E-state index < -0.39 is 0 Å². The molecule has 0 heterocycles. The van der Waals surface area contributed by atoms with Gasteiger partial charge in [0.15, 0.2) is 0 Å². The third-order valence-corrected chi connectivity index (χ3v) is 2.13. The Bertz CT molecular complexity index is 78.0. The molecule has 0 aliphatic rings. The van der Waals surface area contributed by atoms with Crippen molar-refractivity contribution in [3.63, 3.8) is 0 Å². The smallest absolute Gasteiger partial charge is 0.0588 e. The first-order chi connectivity index (χ1) is 4.76. The largest absolute Gasteiger partial charge is 0.396 e. The van der Waals surface area contributed by atoms with Crippen molar-refractivity contribution in [3.8, 4) is 0 Å². The molecule has 0 aromatic carbocycles. The standard InChI is InChI=1S/C7H15BrO2/c1-2-7(10)6(5-9)3-4-8/h6-7,9-10H,2-5H2,1H3. The SMILES string of the molecule is CCC(O)C(CO)CCBr. The molecule has 2 nitrogen and oxygen atoms in total. The van der Waals surface area contributed by atoms with Gasteiger partial charge in [0.05, 0.1) is 6.10 Å². The third-order valence-electron chi connectivity index (χ3n) is 1.68. The lowest BCUT2D eigenvalue weighted by Gasteiger charge is -2.17. The molecule has 0 saturated heterocycles. The summed E-state index contributed by atoms with van der Waals surface area (Å²) < 4.78 is 0. The van der Waals surface area contributed by atoms with Gasteiger partial charge in [0.2, 0.25) is 0 Å². The summed E-state index contributed by atoms with van der Waals surface area (Å²) in [5.74, 6) is 0.0457. The molecular weight excluding hydrogens is 196 g/mol. The maximum Gasteiger partial charge on any atom is 0.0588 e. The molecule has 0 aromatic rings. The van der Waals surface area contributed by atoms with E-state index in [2.05, 4.69) is 15.9 Å². The van der Waals surface area contributed by atoms with Gasteiger partial charge < -0.3 is 10.2 Å². The van der Waals surface area contributed by atoms with Gasteiger partial charge in [0.1, 0.15) is 0 Å². The second-order valence-corrected chi connectivity index (χ2v) is 3.19. The van der Waals surface area contributed by atoms with Crippen LogP contribution in [-0.2, 0) is 0 Å². The first-order valence-electron chi connectivity index (χ1n) is 3.61. The Morgan fingerprint density at radius 3 is 2.40 bits per heavy atom. The van der Waals surface area contributed by atoms with Crippen molar-refractivity contribution in [1.29, 1.82) is 0 Å². The van der Waals surface area contributed by atoms with E-state index in [-0.39, 0.29) is 18.6 Å². The quantitative estimate of drug-likeness (QED) is 0.669. The van der Waals surface area contributed by atoms with Crippen LogP contribution in [0.2, 0.25) is 0 Å². The Balaban J connectivity index is 3.56. The van der Waals surface area contributed by atoms with Gasteiger partial charge in [0.25, 0.3) is 0 Å². The summed E-state index contributed by atoms with van der Waals surface area (Å²) in [5.41, 5.74) is 0. The first kappa shape index (κ1) is 10.4. The lowest BCUT2D eigenvalue weighted by Crippen LogP contribution is -2.23. The van der Waals surface area contributed by atoms with Crippen LogP contribution < -0.4 is 0 Å². The Hall–Kier alpha value is 0.400. The monoisotopic (exact) mass is 210 g/mol. The van der Waals surface area contributed by atoms with Crippen molar-refractivity contribution in [2.45, 2.75) is 25.9 Å². The molecule has 0 aliphatic heterocycles. The van der Waals surface area contributed by atoms with Crippen LogP contribution >= 0.6 is 15.9 Å². The molecule has 0 aliphatic carbocycles. The molecule has 0 bridgehead atoms. The molecule has 2 unspecified atom stereocenters. The highest BCUT2D eigenvalue weighted by molar-refractivity contribution is 9.09. The van der Waals surface area contributed by atoms with Gasteiger partial charge in [-0.05, 0) is 12.8 Å². The molecule has 62 valence electrons. The number of alkyl halides is 1. The Kier molecular flexibility index (Phi) is 6.38. The Morgan fingerprint density at radius 2 is 2.10 bits per heavy atom. The first-order valence-corrected chi connectivity index (χ1v) is 4.73. The highest BCUT2D eigenvalue weighted by Crippen LogP contribution is 2.12. The van der Waals surface area contributed by atoms with Crippen LogP contribution in [0.15, 0.2) is 0 Å². The summed E-state index contributed by atoms with van der Waals surface area (Å²) in [6.45, 7) is 2.00. The number of aliphatic hydroxyl groups is 2. The van der Waals surface area contributed by atoms with E-state index in [4.69, 9.17) is 5.11 Å². The zero-order valence-corrected chi connectivity index (χ0v) is 7.84. The van der Waals surface area contributed by atoms with Gasteiger partial charge in [-0.2, -0.15) is 0 Å². The average Bonchev–Trinajstić information content (AvgIpc) is 1.99. The molecule has 0 amide bonds. The second kappa shape index (κ2) is 6.13. The van der Waals surface area contributed by atoms with Crippen molar-refractivity contribution in [2.24, 2.45) is 5.92 Å². The second-order valence-electron chi connectivity index (χ2n) is 2.40. The predicted octanol–water partition coefficient (Wildman–Crippen LogP) is 1.15. The van der Waals surface area contributed by atoms with Gasteiger partial charge in [-0.25, -0.2) is 0 Å².